The molecule has 1 aliphatic heterocycles. The highest BCUT2D eigenvalue weighted by atomic mass is 19.1. The lowest BCUT2D eigenvalue weighted by Crippen LogP contribution is -2.69. The van der Waals surface area contributed by atoms with Crippen molar-refractivity contribution in [2.45, 2.75) is 51.1 Å². The molecule has 1 atom stereocenters. The predicted octanol–water partition coefficient (Wildman–Crippen LogP) is 2.30. The van der Waals surface area contributed by atoms with Gasteiger partial charge in [-0.2, -0.15) is 0 Å². The lowest BCUT2D eigenvalue weighted by molar-refractivity contribution is -0.137. The van der Waals surface area contributed by atoms with Crippen molar-refractivity contribution in [2.75, 3.05) is 4.90 Å². The van der Waals surface area contributed by atoms with E-state index in [2.05, 4.69) is 5.32 Å². The van der Waals surface area contributed by atoms with Crippen LogP contribution in [0.15, 0.2) is 18.2 Å². The van der Waals surface area contributed by atoms with Crippen LogP contribution in [0.4, 0.5) is 10.1 Å². The van der Waals surface area contributed by atoms with Crippen LogP contribution >= 0.6 is 0 Å². The molecule has 1 aromatic rings. The monoisotopic (exact) mass is 290 g/mol. The number of nitrogens with one attached hydrogen (secondary N) is 1. The maximum absolute atomic E-state index is 13.3. The fourth-order valence-electron chi connectivity index (χ4n) is 3.44. The molecule has 1 N–H and O–H groups in total. The summed E-state index contributed by atoms with van der Waals surface area (Å²) in [5, 5.41) is 2.92. The molecule has 1 saturated heterocycles. The van der Waals surface area contributed by atoms with Gasteiger partial charge < -0.3 is 5.32 Å². The maximum atomic E-state index is 13.3. The zero-order valence-electron chi connectivity index (χ0n) is 12.3. The van der Waals surface area contributed by atoms with Crippen LogP contribution in [0.5, 0.6) is 0 Å². The van der Waals surface area contributed by atoms with E-state index < -0.39 is 11.6 Å². The fourth-order valence-corrected chi connectivity index (χ4v) is 3.44. The first-order valence-electron chi connectivity index (χ1n) is 7.36. The fraction of sp³-hybridized carbons (Fsp3) is 0.500. The minimum atomic E-state index is -0.760. The highest BCUT2D eigenvalue weighted by Gasteiger charge is 2.51. The second kappa shape index (κ2) is 4.83. The highest BCUT2D eigenvalue weighted by Crippen LogP contribution is 2.37. The molecule has 1 saturated carbocycles. The Labute approximate surface area is 123 Å². The Bertz CT molecular complexity index is 608. The van der Waals surface area contributed by atoms with Gasteiger partial charge in [-0.3, -0.25) is 14.5 Å². The first kappa shape index (κ1) is 14.0. The van der Waals surface area contributed by atoms with Crippen molar-refractivity contribution in [1.29, 1.82) is 0 Å². The van der Waals surface area contributed by atoms with Crippen molar-refractivity contribution < 1.29 is 14.0 Å². The summed E-state index contributed by atoms with van der Waals surface area (Å²) in [4.78, 5) is 26.8. The quantitative estimate of drug-likeness (QED) is 0.862. The molecule has 112 valence electrons. The molecule has 2 aliphatic rings. The van der Waals surface area contributed by atoms with Crippen molar-refractivity contribution in [3.8, 4) is 0 Å². The summed E-state index contributed by atoms with van der Waals surface area (Å²) in [5.41, 5.74) is 0.526. The summed E-state index contributed by atoms with van der Waals surface area (Å²) in [6.07, 6.45) is 3.25. The second-order valence-corrected chi connectivity index (χ2v) is 6.06. The standard InChI is InChI=1S/C16H19FN2O2/c1-10-9-12(17)5-6-13(10)19-11(2)14(20)18-16(15(19)21)7-3-4-8-16/h5-6,9,11H,3-4,7-8H2,1-2H3,(H,18,20). The van der Waals surface area contributed by atoms with Gasteiger partial charge in [0.1, 0.15) is 17.4 Å². The normalized spacial score (nSPS) is 24.5. The number of halogens is 1. The molecule has 1 aromatic carbocycles. The molecule has 5 heteroatoms. The number of anilines is 1. The highest BCUT2D eigenvalue weighted by molar-refractivity contribution is 6.11. The summed E-state index contributed by atoms with van der Waals surface area (Å²) in [7, 11) is 0. The Morgan fingerprint density at radius 3 is 2.57 bits per heavy atom. The minimum Gasteiger partial charge on any atom is -0.340 e. The molecular formula is C16H19FN2O2. The van der Waals surface area contributed by atoms with Gasteiger partial charge in [0.25, 0.3) is 5.91 Å². The van der Waals surface area contributed by atoms with Crippen molar-refractivity contribution in [3.05, 3.63) is 29.6 Å². The van der Waals surface area contributed by atoms with Crippen molar-refractivity contribution in [2.24, 2.45) is 0 Å². The molecule has 1 spiro atoms. The summed E-state index contributed by atoms with van der Waals surface area (Å²) in [6, 6.07) is 3.73. The van der Waals surface area contributed by atoms with E-state index in [-0.39, 0.29) is 17.6 Å². The van der Waals surface area contributed by atoms with Crippen LogP contribution < -0.4 is 10.2 Å². The largest absolute Gasteiger partial charge is 0.340 e. The number of amides is 2. The first-order valence-corrected chi connectivity index (χ1v) is 7.36. The number of carbonyl (C=O) groups excluding carboxylic acids is 2. The molecule has 4 nitrogen and oxygen atoms in total. The van der Waals surface area contributed by atoms with Gasteiger partial charge >= 0.3 is 0 Å². The van der Waals surface area contributed by atoms with E-state index in [1.165, 1.54) is 12.1 Å². The zero-order valence-corrected chi connectivity index (χ0v) is 12.3. The number of nitrogens with zero attached hydrogens (tertiary/aromatic N) is 1. The molecule has 21 heavy (non-hydrogen) atoms. The second-order valence-electron chi connectivity index (χ2n) is 6.06. The van der Waals surface area contributed by atoms with Crippen molar-refractivity contribution >= 4 is 17.5 Å². The van der Waals surface area contributed by atoms with E-state index in [0.29, 0.717) is 24.1 Å². The third-order valence-electron chi connectivity index (χ3n) is 4.63. The first-order chi connectivity index (χ1) is 9.94. The molecule has 0 radical (unpaired) electrons. The van der Waals surface area contributed by atoms with Crippen LogP contribution in [0.1, 0.15) is 38.2 Å². The molecule has 1 unspecified atom stereocenters. The number of rotatable bonds is 1. The third-order valence-corrected chi connectivity index (χ3v) is 4.63. The molecule has 2 fully saturated rings. The molecule has 2 amide bonds. The van der Waals surface area contributed by atoms with Crippen LogP contribution in [0.2, 0.25) is 0 Å². The van der Waals surface area contributed by atoms with Gasteiger partial charge in [-0.1, -0.05) is 12.8 Å². The summed E-state index contributed by atoms with van der Waals surface area (Å²) in [5.74, 6) is -0.546. The molecule has 1 aliphatic carbocycles. The molecule has 0 aromatic heterocycles. The average Bonchev–Trinajstić information content (AvgIpc) is 2.89. The van der Waals surface area contributed by atoms with E-state index in [0.717, 1.165) is 12.8 Å². The third kappa shape index (κ3) is 2.11. The SMILES string of the molecule is Cc1cc(F)ccc1N1C(=O)C2(CCCC2)NC(=O)C1C. The van der Waals surface area contributed by atoms with Crippen LogP contribution in [-0.2, 0) is 9.59 Å². The van der Waals surface area contributed by atoms with E-state index in [1.54, 1.807) is 24.8 Å². The van der Waals surface area contributed by atoms with Gasteiger partial charge in [0.05, 0.1) is 0 Å². The van der Waals surface area contributed by atoms with Gasteiger partial charge in [-0.25, -0.2) is 4.39 Å². The van der Waals surface area contributed by atoms with Gasteiger partial charge in [-0.05, 0) is 50.5 Å². The Balaban J connectivity index is 2.05. The van der Waals surface area contributed by atoms with Crippen molar-refractivity contribution in [1.82, 2.24) is 5.32 Å². The van der Waals surface area contributed by atoms with E-state index in [9.17, 15) is 14.0 Å². The van der Waals surface area contributed by atoms with E-state index in [4.69, 9.17) is 0 Å². The number of aryl methyl sites for hydroxylation is 1. The maximum Gasteiger partial charge on any atom is 0.253 e. The lowest BCUT2D eigenvalue weighted by atomic mass is 9.90. The number of piperazine rings is 1. The predicted molar refractivity (Wildman–Crippen MR) is 77.4 cm³/mol. The van der Waals surface area contributed by atoms with Crippen LogP contribution in [0.3, 0.4) is 0 Å². The topological polar surface area (TPSA) is 49.4 Å². The van der Waals surface area contributed by atoms with Crippen LogP contribution in [-0.4, -0.2) is 23.4 Å². The Morgan fingerprint density at radius 1 is 1.29 bits per heavy atom. The zero-order chi connectivity index (χ0) is 15.2. The molecule has 0 bridgehead atoms. The Kier molecular flexibility index (Phi) is 3.23. The molecule has 3 rings (SSSR count). The average molecular weight is 290 g/mol. The Morgan fingerprint density at radius 2 is 1.95 bits per heavy atom. The van der Waals surface area contributed by atoms with E-state index >= 15 is 0 Å². The lowest BCUT2D eigenvalue weighted by Gasteiger charge is -2.43. The van der Waals surface area contributed by atoms with E-state index in [1.807, 2.05) is 0 Å². The number of carbonyl (C=O) groups is 2. The molecular weight excluding hydrogens is 271 g/mol. The summed E-state index contributed by atoms with van der Waals surface area (Å²) in [6.45, 7) is 3.46. The number of hydrogen-bond acceptors (Lipinski definition) is 2. The van der Waals surface area contributed by atoms with Crippen molar-refractivity contribution in [3.63, 3.8) is 0 Å². The van der Waals surface area contributed by atoms with Gasteiger partial charge in [0.15, 0.2) is 0 Å². The van der Waals surface area contributed by atoms with Gasteiger partial charge in [0.2, 0.25) is 5.91 Å². The molecule has 1 heterocycles. The van der Waals surface area contributed by atoms with Gasteiger partial charge in [-0.15, -0.1) is 0 Å². The van der Waals surface area contributed by atoms with Crippen LogP contribution in [0.25, 0.3) is 0 Å². The summed E-state index contributed by atoms with van der Waals surface area (Å²) < 4.78 is 13.3. The summed E-state index contributed by atoms with van der Waals surface area (Å²) >= 11 is 0. The van der Waals surface area contributed by atoms with Crippen LogP contribution in [0, 0.1) is 12.7 Å². The number of hydrogen-bond donors (Lipinski definition) is 1. The Hall–Kier alpha value is -1.91. The number of benzene rings is 1. The minimum absolute atomic E-state index is 0.0678. The smallest absolute Gasteiger partial charge is 0.253 e. The van der Waals surface area contributed by atoms with Gasteiger partial charge in [0, 0.05) is 5.69 Å².